The van der Waals surface area contributed by atoms with E-state index in [1.54, 1.807) is 7.11 Å². The second kappa shape index (κ2) is 7.90. The normalized spacial score (nSPS) is 20.8. The third-order valence-electron chi connectivity index (χ3n) is 4.43. The molecule has 0 bridgehead atoms. The van der Waals surface area contributed by atoms with Gasteiger partial charge in [-0.2, -0.15) is 0 Å². The second-order valence-corrected chi connectivity index (χ2v) is 7.27. The van der Waals surface area contributed by atoms with Crippen molar-refractivity contribution in [2.45, 2.75) is 51.2 Å². The number of nitrogens with zero attached hydrogens (tertiary/aromatic N) is 1. The van der Waals surface area contributed by atoms with Gasteiger partial charge in [0.05, 0.1) is 16.8 Å². The highest BCUT2D eigenvalue weighted by Crippen LogP contribution is 2.27. The molecule has 24 heavy (non-hydrogen) atoms. The molecule has 2 atom stereocenters. The van der Waals surface area contributed by atoms with Gasteiger partial charge in [0.2, 0.25) is 0 Å². The van der Waals surface area contributed by atoms with Gasteiger partial charge in [-0.05, 0) is 31.7 Å². The first-order valence-corrected chi connectivity index (χ1v) is 9.23. The van der Waals surface area contributed by atoms with Gasteiger partial charge in [0.1, 0.15) is 11.0 Å². The van der Waals surface area contributed by atoms with Crippen LogP contribution in [-0.4, -0.2) is 30.3 Å². The van der Waals surface area contributed by atoms with Gasteiger partial charge < -0.3 is 9.47 Å². The van der Waals surface area contributed by atoms with Crippen LogP contribution in [0.5, 0.6) is 0 Å². The predicted octanol–water partition coefficient (Wildman–Crippen LogP) is 4.16. The molecule has 1 aliphatic carbocycles. The third kappa shape index (κ3) is 4.02. The third-order valence-corrected chi connectivity index (χ3v) is 5.57. The number of methoxy groups -OCH3 is 1. The average molecular weight is 345 g/mol. The molecule has 128 valence electrons. The zero-order valence-electron chi connectivity index (χ0n) is 14.2. The van der Waals surface area contributed by atoms with E-state index in [4.69, 9.17) is 9.47 Å². The lowest BCUT2D eigenvalue weighted by atomic mass is 9.94. The molecule has 1 fully saturated rings. The van der Waals surface area contributed by atoms with Gasteiger partial charge in [0.15, 0.2) is 0 Å². The van der Waals surface area contributed by atoms with Crippen LogP contribution in [0.15, 0.2) is 30.3 Å². The molecule has 0 N–H and O–H groups in total. The van der Waals surface area contributed by atoms with Gasteiger partial charge in [-0.15, -0.1) is 11.3 Å². The fourth-order valence-corrected chi connectivity index (χ4v) is 4.13. The number of hydrogen-bond acceptors (Lipinski definition) is 5. The summed E-state index contributed by atoms with van der Waals surface area (Å²) in [4.78, 5) is 17.7. The van der Waals surface area contributed by atoms with Crippen molar-refractivity contribution >= 4 is 17.3 Å². The van der Waals surface area contributed by atoms with E-state index >= 15 is 0 Å². The minimum absolute atomic E-state index is 0.0136. The summed E-state index contributed by atoms with van der Waals surface area (Å²) >= 11 is 1.43. The number of ether oxygens (including phenoxy) is 2. The molecule has 1 aromatic carbocycles. The van der Waals surface area contributed by atoms with Crippen LogP contribution in [0.2, 0.25) is 0 Å². The van der Waals surface area contributed by atoms with Crippen LogP contribution in [-0.2, 0) is 15.9 Å². The number of thiazole rings is 1. The number of esters is 1. The molecule has 4 nitrogen and oxygen atoms in total. The summed E-state index contributed by atoms with van der Waals surface area (Å²) in [5, 5.41) is 0.942. The molecule has 2 aromatic rings. The number of rotatable bonds is 5. The first-order valence-electron chi connectivity index (χ1n) is 8.41. The van der Waals surface area contributed by atoms with Crippen LogP contribution in [0, 0.1) is 6.92 Å². The number of benzene rings is 1. The van der Waals surface area contributed by atoms with Crippen LogP contribution >= 0.6 is 11.3 Å². The molecule has 5 heteroatoms. The molecule has 1 aromatic heterocycles. The maximum atomic E-state index is 12.6. The zero-order valence-corrected chi connectivity index (χ0v) is 15.0. The van der Waals surface area contributed by atoms with E-state index in [9.17, 15) is 4.79 Å². The predicted molar refractivity (Wildman–Crippen MR) is 94.6 cm³/mol. The van der Waals surface area contributed by atoms with Gasteiger partial charge in [-0.1, -0.05) is 36.8 Å². The highest BCUT2D eigenvalue weighted by molar-refractivity contribution is 7.13. The van der Waals surface area contributed by atoms with E-state index < -0.39 is 0 Å². The summed E-state index contributed by atoms with van der Waals surface area (Å²) in [5.41, 5.74) is 1.94. The van der Waals surface area contributed by atoms with Crippen molar-refractivity contribution in [3.63, 3.8) is 0 Å². The lowest BCUT2D eigenvalue weighted by Gasteiger charge is -2.29. The van der Waals surface area contributed by atoms with Crippen molar-refractivity contribution in [2.75, 3.05) is 7.11 Å². The minimum Gasteiger partial charge on any atom is -0.455 e. The Bertz CT molecular complexity index is 683. The fraction of sp³-hybridized carbons (Fsp3) is 0.474. The number of carbonyl (C=O) groups is 1. The molecule has 1 heterocycles. The maximum absolute atomic E-state index is 12.6. The van der Waals surface area contributed by atoms with Crippen LogP contribution in [0.4, 0.5) is 0 Å². The van der Waals surface area contributed by atoms with E-state index in [1.165, 1.54) is 16.9 Å². The van der Waals surface area contributed by atoms with Crippen molar-refractivity contribution < 1.29 is 14.3 Å². The number of aryl methyl sites for hydroxylation is 1. The Kier molecular flexibility index (Phi) is 5.63. The largest absolute Gasteiger partial charge is 0.455 e. The maximum Gasteiger partial charge on any atom is 0.350 e. The van der Waals surface area contributed by atoms with Gasteiger partial charge >= 0.3 is 5.97 Å². The molecule has 0 aliphatic heterocycles. The van der Waals surface area contributed by atoms with E-state index in [-0.39, 0.29) is 18.2 Å². The van der Waals surface area contributed by atoms with E-state index in [0.717, 1.165) is 42.8 Å². The van der Waals surface area contributed by atoms with E-state index in [1.807, 2.05) is 25.1 Å². The van der Waals surface area contributed by atoms with Crippen molar-refractivity contribution in [3.8, 4) is 0 Å². The first kappa shape index (κ1) is 17.1. The van der Waals surface area contributed by atoms with Crippen LogP contribution in [0.25, 0.3) is 0 Å². The van der Waals surface area contributed by atoms with Gasteiger partial charge in [0, 0.05) is 13.5 Å². The van der Waals surface area contributed by atoms with Gasteiger partial charge in [-0.3, -0.25) is 0 Å². The SMILES string of the molecule is CO[C@H]1CCCC[C@H]1OC(=O)c1sc(Cc2ccccc2)nc1C. The molecular weight excluding hydrogens is 322 g/mol. The molecule has 0 radical (unpaired) electrons. The Morgan fingerprint density at radius 2 is 1.92 bits per heavy atom. The molecule has 1 saturated carbocycles. The Balaban J connectivity index is 1.68. The highest BCUT2D eigenvalue weighted by Gasteiger charge is 2.29. The molecule has 0 saturated heterocycles. The summed E-state index contributed by atoms with van der Waals surface area (Å²) < 4.78 is 11.2. The van der Waals surface area contributed by atoms with Crippen molar-refractivity contribution in [3.05, 3.63) is 51.5 Å². The Morgan fingerprint density at radius 1 is 1.21 bits per heavy atom. The molecule has 0 unspecified atom stereocenters. The van der Waals surface area contributed by atoms with E-state index in [0.29, 0.717) is 4.88 Å². The van der Waals surface area contributed by atoms with Gasteiger partial charge in [-0.25, -0.2) is 9.78 Å². The summed E-state index contributed by atoms with van der Waals surface area (Å²) in [6, 6.07) is 10.2. The summed E-state index contributed by atoms with van der Waals surface area (Å²) in [6.45, 7) is 1.87. The standard InChI is InChI=1S/C19H23NO3S/c1-13-18(19(21)23-16-11-7-6-10-15(16)22-2)24-17(20-13)12-14-8-4-3-5-9-14/h3-5,8-9,15-16H,6-7,10-12H2,1-2H3/t15-,16+/m0/s1. The lowest BCUT2D eigenvalue weighted by Crippen LogP contribution is -2.35. The van der Waals surface area contributed by atoms with Crippen molar-refractivity contribution in [1.29, 1.82) is 0 Å². The topological polar surface area (TPSA) is 48.4 Å². The Labute approximate surface area is 146 Å². The van der Waals surface area contributed by atoms with Crippen molar-refractivity contribution in [1.82, 2.24) is 4.98 Å². The fourth-order valence-electron chi connectivity index (χ4n) is 3.15. The van der Waals surface area contributed by atoms with Crippen molar-refractivity contribution in [2.24, 2.45) is 0 Å². The van der Waals surface area contributed by atoms with Crippen LogP contribution in [0.1, 0.15) is 51.6 Å². The zero-order chi connectivity index (χ0) is 16.9. The van der Waals surface area contributed by atoms with Crippen LogP contribution < -0.4 is 0 Å². The molecule has 3 rings (SSSR count). The van der Waals surface area contributed by atoms with Gasteiger partial charge in [0.25, 0.3) is 0 Å². The monoisotopic (exact) mass is 345 g/mol. The molecular formula is C19H23NO3S. The molecule has 1 aliphatic rings. The van der Waals surface area contributed by atoms with E-state index in [2.05, 4.69) is 17.1 Å². The summed E-state index contributed by atoms with van der Waals surface area (Å²) in [6.07, 6.45) is 4.65. The quantitative estimate of drug-likeness (QED) is 0.764. The Morgan fingerprint density at radius 3 is 2.62 bits per heavy atom. The minimum atomic E-state index is -0.265. The summed E-state index contributed by atoms with van der Waals surface area (Å²) in [5.74, 6) is -0.265. The molecule has 0 amide bonds. The van der Waals surface area contributed by atoms with Crippen LogP contribution in [0.3, 0.4) is 0 Å². The molecule has 0 spiro atoms. The average Bonchev–Trinajstić information content (AvgIpc) is 2.96. The number of carbonyl (C=O) groups excluding carboxylic acids is 1. The number of aromatic nitrogens is 1. The number of hydrogen-bond donors (Lipinski definition) is 0. The smallest absolute Gasteiger partial charge is 0.350 e. The first-order chi connectivity index (χ1) is 11.7. The lowest BCUT2D eigenvalue weighted by molar-refractivity contribution is -0.0537. The highest BCUT2D eigenvalue weighted by atomic mass is 32.1. The second-order valence-electron chi connectivity index (χ2n) is 6.19. The summed E-state index contributed by atoms with van der Waals surface area (Å²) in [7, 11) is 1.69. The Hall–Kier alpha value is -1.72.